The molecule has 13 aromatic carbocycles. The summed E-state index contributed by atoms with van der Waals surface area (Å²) in [7, 11) is 0. The highest BCUT2D eigenvalue weighted by Gasteiger charge is 2.34. The van der Waals surface area contributed by atoms with E-state index in [1.807, 2.05) is 22.7 Å². The second-order valence-corrected chi connectivity index (χ2v) is 22.5. The van der Waals surface area contributed by atoms with Gasteiger partial charge in [-0.15, -0.1) is 22.7 Å². The largest absolute Gasteiger partial charge is 0.318 e. The highest BCUT2D eigenvalue weighted by Crippen LogP contribution is 2.56. The number of hydrogen-bond acceptors (Lipinski definition) is 3. The molecule has 17 rings (SSSR count). The van der Waals surface area contributed by atoms with Crippen LogP contribution in [-0.4, -0.2) is 9.13 Å². The number of nitriles is 1. The lowest BCUT2D eigenvalue weighted by Crippen LogP contribution is -2.09. The van der Waals surface area contributed by atoms with Gasteiger partial charge in [-0.05, 0) is 103 Å². The quantitative estimate of drug-likeness (QED) is 0.128. The lowest BCUT2D eigenvalue weighted by molar-refractivity contribution is 1.14. The van der Waals surface area contributed by atoms with Crippen LogP contribution in [0.15, 0.2) is 231 Å². The zero-order valence-corrected chi connectivity index (χ0v) is 43.2. The molecular formula is C72H38N4S2. The monoisotopic (exact) mass is 1020 g/mol. The van der Waals surface area contributed by atoms with Crippen molar-refractivity contribution in [2.45, 2.75) is 0 Å². The van der Waals surface area contributed by atoms with Gasteiger partial charge < -0.3 is 9.13 Å². The molecule has 0 unspecified atom stereocenters. The third-order valence-electron chi connectivity index (χ3n) is 16.5. The SMILES string of the molecule is [C-]#[N+]c1c(-c2cc3ccccc3c3ccccc23)c(C#N)c(-n2c3ccccc3c3c4sc5ccccc5c4ccc32)c(-c2cc3ccccc3c3ccccc23)c1-n1c2ccccc2c2c3sc4ccccc4c3ccc21. The molecule has 0 atom stereocenters. The first-order chi connectivity index (χ1) is 38.7. The molecule has 358 valence electrons. The van der Waals surface area contributed by atoms with Crippen LogP contribution in [0, 0.1) is 17.9 Å². The van der Waals surface area contributed by atoms with Crippen LogP contribution in [-0.2, 0) is 0 Å². The number of para-hydroxylation sites is 2. The average molecular weight is 1020 g/mol. The summed E-state index contributed by atoms with van der Waals surface area (Å²) in [5.74, 6) is 0. The Kier molecular flexibility index (Phi) is 8.98. The van der Waals surface area contributed by atoms with E-state index in [1.54, 1.807) is 0 Å². The van der Waals surface area contributed by atoms with E-state index in [0.29, 0.717) is 16.8 Å². The number of aromatic nitrogens is 2. The van der Waals surface area contributed by atoms with Crippen LogP contribution in [0.25, 0.3) is 166 Å². The minimum atomic E-state index is 0.412. The first-order valence-electron chi connectivity index (χ1n) is 26.2. The number of rotatable bonds is 4. The van der Waals surface area contributed by atoms with Crippen LogP contribution in [0.5, 0.6) is 0 Å². The molecular weight excluding hydrogens is 985 g/mol. The van der Waals surface area contributed by atoms with Crippen LogP contribution in [0.3, 0.4) is 0 Å². The van der Waals surface area contributed by atoms with Crippen molar-refractivity contribution >= 4 is 155 Å². The molecule has 4 heterocycles. The van der Waals surface area contributed by atoms with E-state index in [2.05, 4.69) is 246 Å². The van der Waals surface area contributed by atoms with Crippen molar-refractivity contribution in [2.75, 3.05) is 0 Å². The number of thiophene rings is 2. The van der Waals surface area contributed by atoms with Gasteiger partial charge in [0.15, 0.2) is 0 Å². The highest BCUT2D eigenvalue weighted by atomic mass is 32.1. The topological polar surface area (TPSA) is 38.0 Å². The molecule has 0 aliphatic carbocycles. The van der Waals surface area contributed by atoms with Crippen LogP contribution in [0.1, 0.15) is 5.56 Å². The minimum absolute atomic E-state index is 0.412. The summed E-state index contributed by atoms with van der Waals surface area (Å²) >= 11 is 3.65. The summed E-state index contributed by atoms with van der Waals surface area (Å²) in [6.07, 6.45) is 0. The van der Waals surface area contributed by atoms with Gasteiger partial charge in [0.25, 0.3) is 0 Å². The first-order valence-corrected chi connectivity index (χ1v) is 27.8. The maximum Gasteiger partial charge on any atom is 0.220 e. The Morgan fingerprint density at radius 2 is 0.756 bits per heavy atom. The summed E-state index contributed by atoms with van der Waals surface area (Å²) in [4.78, 5) is 4.82. The van der Waals surface area contributed by atoms with Crippen molar-refractivity contribution in [1.29, 1.82) is 5.26 Å². The summed E-state index contributed by atoms with van der Waals surface area (Å²) in [5, 5.41) is 30.5. The van der Waals surface area contributed by atoms with Crippen LogP contribution >= 0.6 is 22.7 Å². The summed E-state index contributed by atoms with van der Waals surface area (Å²) in [6.45, 7) is 9.84. The second kappa shape index (κ2) is 16.2. The van der Waals surface area contributed by atoms with Crippen molar-refractivity contribution < 1.29 is 0 Å². The van der Waals surface area contributed by atoms with Crippen LogP contribution in [0.4, 0.5) is 5.69 Å². The fourth-order valence-electron chi connectivity index (χ4n) is 13.4. The Bertz CT molecular complexity index is 5390. The fraction of sp³-hybridized carbons (Fsp3) is 0. The number of fused-ring (bicyclic) bond motifs is 20. The maximum absolute atomic E-state index is 12.6. The van der Waals surface area contributed by atoms with Crippen LogP contribution in [0.2, 0.25) is 0 Å². The molecule has 0 aliphatic rings. The third-order valence-corrected chi connectivity index (χ3v) is 18.9. The van der Waals surface area contributed by atoms with Gasteiger partial charge in [-0.3, -0.25) is 0 Å². The molecule has 0 N–H and O–H groups in total. The van der Waals surface area contributed by atoms with Gasteiger partial charge in [-0.25, -0.2) is 4.85 Å². The predicted molar refractivity (Wildman–Crippen MR) is 333 cm³/mol. The molecule has 0 saturated carbocycles. The van der Waals surface area contributed by atoms with Gasteiger partial charge in [-0.1, -0.05) is 182 Å². The Morgan fingerprint density at radius 1 is 0.359 bits per heavy atom. The Balaban J connectivity index is 1.18. The van der Waals surface area contributed by atoms with Gasteiger partial charge in [0.1, 0.15) is 6.07 Å². The summed E-state index contributed by atoms with van der Waals surface area (Å²) in [6, 6.07) is 85.6. The van der Waals surface area contributed by atoms with Gasteiger partial charge in [0.05, 0.1) is 45.6 Å². The third kappa shape index (κ3) is 5.74. The van der Waals surface area contributed by atoms with Crippen molar-refractivity contribution in [3.8, 4) is 39.7 Å². The standard InChI is InChI=1S/C72H38N4S2/c1-74-68-64(55-38-41-18-2-4-20-43(41)45-22-6-8-24-47(45)55)57(40-73)69(75-58-30-14-10-28-53(58)65-60(75)36-34-51-49-26-12-16-32-62(49)77-71(51)65)67(56-39-42-19-3-5-21-44(42)46-23-7-9-25-48(46)56)70(68)76-59-31-15-11-29-54(59)66-61(76)37-35-52-50-27-13-17-33-63(50)78-72(52)66/h2-39H. The molecule has 0 saturated heterocycles. The molecule has 6 heteroatoms. The Labute approximate surface area is 454 Å². The Hall–Kier alpha value is -10.1. The molecule has 17 aromatic rings. The van der Waals surface area contributed by atoms with E-state index in [4.69, 9.17) is 4.85 Å². The molecule has 0 amide bonds. The predicted octanol–water partition coefficient (Wildman–Crippen LogP) is 21.0. The van der Waals surface area contributed by atoms with E-state index in [1.165, 1.54) is 40.3 Å². The van der Waals surface area contributed by atoms with Gasteiger partial charge in [0, 0.05) is 73.0 Å². The van der Waals surface area contributed by atoms with Crippen LogP contribution < -0.4 is 0 Å². The molecule has 0 bridgehead atoms. The van der Waals surface area contributed by atoms with E-state index in [0.717, 1.165) is 115 Å². The van der Waals surface area contributed by atoms with Crippen molar-refractivity contribution in [1.82, 2.24) is 9.13 Å². The Morgan fingerprint density at radius 3 is 1.24 bits per heavy atom. The van der Waals surface area contributed by atoms with Crippen molar-refractivity contribution in [2.24, 2.45) is 0 Å². The van der Waals surface area contributed by atoms with Crippen molar-refractivity contribution in [3.63, 3.8) is 0 Å². The normalized spacial score (nSPS) is 12.1. The average Bonchev–Trinajstić information content (AvgIpc) is 4.39. The molecule has 0 fully saturated rings. The second-order valence-electron chi connectivity index (χ2n) is 20.4. The van der Waals surface area contributed by atoms with E-state index >= 15 is 0 Å². The number of hydrogen-bond donors (Lipinski definition) is 0. The number of benzene rings is 13. The molecule has 0 radical (unpaired) electrons. The zero-order chi connectivity index (χ0) is 51.3. The maximum atomic E-state index is 12.6. The van der Waals surface area contributed by atoms with Crippen molar-refractivity contribution in [3.05, 3.63) is 248 Å². The fourth-order valence-corrected chi connectivity index (χ4v) is 15.9. The lowest BCUT2D eigenvalue weighted by Gasteiger charge is -2.27. The van der Waals surface area contributed by atoms with E-state index < -0.39 is 0 Å². The molecule has 0 aliphatic heterocycles. The molecule has 4 aromatic heterocycles. The molecule has 4 nitrogen and oxygen atoms in total. The highest BCUT2D eigenvalue weighted by molar-refractivity contribution is 7.27. The smallest absolute Gasteiger partial charge is 0.220 e. The van der Waals surface area contributed by atoms with Gasteiger partial charge in [0.2, 0.25) is 5.69 Å². The molecule has 0 spiro atoms. The van der Waals surface area contributed by atoms with Gasteiger partial charge in [-0.2, -0.15) is 5.26 Å². The summed E-state index contributed by atoms with van der Waals surface area (Å²) < 4.78 is 9.63. The van der Waals surface area contributed by atoms with E-state index in [-0.39, 0.29) is 0 Å². The first kappa shape index (κ1) is 43.2. The lowest BCUT2D eigenvalue weighted by atomic mass is 9.84. The summed E-state index contributed by atoms with van der Waals surface area (Å²) in [5.41, 5.74) is 9.44. The molecule has 78 heavy (non-hydrogen) atoms. The zero-order valence-electron chi connectivity index (χ0n) is 41.5. The number of nitrogens with zero attached hydrogens (tertiary/aromatic N) is 4. The van der Waals surface area contributed by atoms with Gasteiger partial charge >= 0.3 is 0 Å². The van der Waals surface area contributed by atoms with E-state index in [9.17, 15) is 11.8 Å². The minimum Gasteiger partial charge on any atom is -0.318 e.